The molecule has 0 spiro atoms. The number of nitrogens with zero attached hydrogens (tertiary/aromatic N) is 2. The van der Waals surface area contributed by atoms with Crippen molar-refractivity contribution in [2.24, 2.45) is 0 Å². The molecule has 0 saturated carbocycles. The van der Waals surface area contributed by atoms with E-state index in [1.165, 1.54) is 9.13 Å². The van der Waals surface area contributed by atoms with E-state index in [4.69, 9.17) is 0 Å². The molecule has 0 saturated heterocycles. The Hall–Kier alpha value is -3.93. The van der Waals surface area contributed by atoms with E-state index in [2.05, 4.69) is 5.32 Å². The van der Waals surface area contributed by atoms with Crippen LogP contribution in [0.2, 0.25) is 0 Å². The summed E-state index contributed by atoms with van der Waals surface area (Å²) in [5, 5.41) is 3.22. The van der Waals surface area contributed by atoms with Gasteiger partial charge in [0.1, 0.15) is 6.54 Å². The van der Waals surface area contributed by atoms with E-state index in [9.17, 15) is 14.4 Å². The zero-order valence-corrected chi connectivity index (χ0v) is 16.5. The summed E-state index contributed by atoms with van der Waals surface area (Å²) in [5.41, 5.74) is 2.08. The summed E-state index contributed by atoms with van der Waals surface area (Å²) in [6, 6.07) is 23.6. The minimum Gasteiger partial charge on any atom is -0.325 e. The molecular formula is C24H21N3O3. The van der Waals surface area contributed by atoms with Gasteiger partial charge in [0.05, 0.1) is 17.4 Å². The Morgan fingerprint density at radius 3 is 2.37 bits per heavy atom. The maximum absolute atomic E-state index is 13.2. The van der Waals surface area contributed by atoms with Gasteiger partial charge in [-0.25, -0.2) is 4.79 Å². The van der Waals surface area contributed by atoms with E-state index >= 15 is 0 Å². The monoisotopic (exact) mass is 399 g/mol. The van der Waals surface area contributed by atoms with Gasteiger partial charge in [0.15, 0.2) is 0 Å². The summed E-state index contributed by atoms with van der Waals surface area (Å²) in [4.78, 5) is 38.9. The third-order valence-electron chi connectivity index (χ3n) is 4.92. The molecular weight excluding hydrogens is 378 g/mol. The number of nitrogens with one attached hydrogen (secondary N) is 1. The van der Waals surface area contributed by atoms with Crippen molar-refractivity contribution in [1.29, 1.82) is 0 Å². The molecule has 3 aromatic carbocycles. The van der Waals surface area contributed by atoms with Gasteiger partial charge in [-0.1, -0.05) is 54.6 Å². The molecule has 1 amide bonds. The predicted molar refractivity (Wildman–Crippen MR) is 118 cm³/mol. The fraction of sp³-hybridized carbons (Fsp3) is 0.125. The molecule has 0 atom stereocenters. The fourth-order valence-corrected chi connectivity index (χ4v) is 3.50. The SMILES string of the molecule is Cc1cccc(NC(=O)Cn2c(=O)n(Cc3ccccc3)c(=O)c3ccccc32)c1. The van der Waals surface area contributed by atoms with Crippen LogP contribution in [-0.2, 0) is 17.9 Å². The number of hydrogen-bond acceptors (Lipinski definition) is 3. The molecule has 4 aromatic rings. The number of para-hydroxylation sites is 1. The van der Waals surface area contributed by atoms with Crippen molar-refractivity contribution in [3.63, 3.8) is 0 Å². The zero-order chi connectivity index (χ0) is 21.1. The Morgan fingerprint density at radius 2 is 1.60 bits per heavy atom. The van der Waals surface area contributed by atoms with Crippen molar-refractivity contribution in [1.82, 2.24) is 9.13 Å². The Kier molecular flexibility index (Phi) is 5.30. The second kappa shape index (κ2) is 8.21. The number of anilines is 1. The molecule has 0 bridgehead atoms. The molecule has 1 N–H and O–H groups in total. The maximum Gasteiger partial charge on any atom is 0.332 e. The third-order valence-corrected chi connectivity index (χ3v) is 4.92. The highest BCUT2D eigenvalue weighted by atomic mass is 16.2. The van der Waals surface area contributed by atoms with E-state index < -0.39 is 5.69 Å². The van der Waals surface area contributed by atoms with E-state index in [-0.39, 0.29) is 24.6 Å². The van der Waals surface area contributed by atoms with Crippen LogP contribution in [0.5, 0.6) is 0 Å². The highest BCUT2D eigenvalue weighted by molar-refractivity contribution is 5.91. The summed E-state index contributed by atoms with van der Waals surface area (Å²) < 4.78 is 2.53. The number of aromatic nitrogens is 2. The highest BCUT2D eigenvalue weighted by Gasteiger charge is 2.15. The van der Waals surface area contributed by atoms with Crippen LogP contribution in [0.25, 0.3) is 10.9 Å². The van der Waals surface area contributed by atoms with Crippen molar-refractivity contribution in [2.45, 2.75) is 20.0 Å². The fourth-order valence-electron chi connectivity index (χ4n) is 3.50. The topological polar surface area (TPSA) is 73.1 Å². The summed E-state index contributed by atoms with van der Waals surface area (Å²) in [7, 11) is 0. The van der Waals surface area contributed by atoms with E-state index in [0.29, 0.717) is 16.6 Å². The van der Waals surface area contributed by atoms with Crippen molar-refractivity contribution in [3.05, 3.63) is 111 Å². The van der Waals surface area contributed by atoms with Gasteiger partial charge in [-0.2, -0.15) is 0 Å². The van der Waals surface area contributed by atoms with Crippen LogP contribution in [0.4, 0.5) is 5.69 Å². The van der Waals surface area contributed by atoms with Crippen LogP contribution < -0.4 is 16.6 Å². The molecule has 30 heavy (non-hydrogen) atoms. The van der Waals surface area contributed by atoms with Gasteiger partial charge in [-0.3, -0.25) is 18.7 Å². The first-order chi connectivity index (χ1) is 14.5. The number of aryl methyl sites for hydroxylation is 1. The molecule has 0 fully saturated rings. The Morgan fingerprint density at radius 1 is 0.867 bits per heavy atom. The smallest absolute Gasteiger partial charge is 0.325 e. The van der Waals surface area contributed by atoms with Crippen LogP contribution in [0, 0.1) is 6.92 Å². The average molecular weight is 399 g/mol. The number of carbonyl (C=O) groups excluding carboxylic acids is 1. The molecule has 0 aliphatic rings. The first kappa shape index (κ1) is 19.4. The van der Waals surface area contributed by atoms with Gasteiger partial charge in [0.2, 0.25) is 5.91 Å². The van der Waals surface area contributed by atoms with Crippen molar-refractivity contribution < 1.29 is 4.79 Å². The molecule has 0 radical (unpaired) electrons. The van der Waals surface area contributed by atoms with Gasteiger partial charge < -0.3 is 5.32 Å². The number of rotatable bonds is 5. The minimum atomic E-state index is -0.512. The van der Waals surface area contributed by atoms with Crippen molar-refractivity contribution in [2.75, 3.05) is 5.32 Å². The predicted octanol–water partition coefficient (Wildman–Crippen LogP) is 3.16. The standard InChI is InChI=1S/C24H21N3O3/c1-17-8-7-11-19(14-17)25-22(28)16-26-21-13-6-5-12-20(21)23(29)27(24(26)30)15-18-9-3-2-4-10-18/h2-14H,15-16H2,1H3,(H,25,28). The van der Waals surface area contributed by atoms with Crippen LogP contribution in [0.3, 0.4) is 0 Å². The summed E-state index contributed by atoms with van der Waals surface area (Å²) in [5.74, 6) is -0.335. The maximum atomic E-state index is 13.2. The first-order valence-electron chi connectivity index (χ1n) is 9.66. The third kappa shape index (κ3) is 3.93. The van der Waals surface area contributed by atoms with Crippen LogP contribution in [0.1, 0.15) is 11.1 Å². The number of fused-ring (bicyclic) bond motifs is 1. The normalized spacial score (nSPS) is 10.8. The second-order valence-corrected chi connectivity index (χ2v) is 7.18. The zero-order valence-electron chi connectivity index (χ0n) is 16.5. The number of carbonyl (C=O) groups is 1. The van der Waals surface area contributed by atoms with Crippen molar-refractivity contribution in [3.8, 4) is 0 Å². The molecule has 4 rings (SSSR count). The molecule has 150 valence electrons. The van der Waals surface area contributed by atoms with Gasteiger partial charge >= 0.3 is 5.69 Å². The van der Waals surface area contributed by atoms with Gasteiger partial charge in [0.25, 0.3) is 5.56 Å². The highest BCUT2D eigenvalue weighted by Crippen LogP contribution is 2.11. The number of amides is 1. The van der Waals surface area contributed by atoms with Crippen LogP contribution >= 0.6 is 0 Å². The van der Waals surface area contributed by atoms with E-state index in [1.54, 1.807) is 30.3 Å². The lowest BCUT2D eigenvalue weighted by molar-refractivity contribution is -0.116. The molecule has 1 heterocycles. The van der Waals surface area contributed by atoms with Gasteiger partial charge in [-0.05, 0) is 42.3 Å². The lowest BCUT2D eigenvalue weighted by Crippen LogP contribution is -2.42. The summed E-state index contributed by atoms with van der Waals surface area (Å²) in [6.07, 6.45) is 0. The molecule has 0 unspecified atom stereocenters. The Labute approximate surface area is 173 Å². The largest absolute Gasteiger partial charge is 0.332 e. The van der Waals surface area contributed by atoms with Crippen LogP contribution in [0.15, 0.2) is 88.5 Å². The van der Waals surface area contributed by atoms with Crippen LogP contribution in [-0.4, -0.2) is 15.0 Å². The molecule has 1 aromatic heterocycles. The lowest BCUT2D eigenvalue weighted by Gasteiger charge is -2.14. The molecule has 6 nitrogen and oxygen atoms in total. The quantitative estimate of drug-likeness (QED) is 0.560. The molecule has 0 aliphatic carbocycles. The van der Waals surface area contributed by atoms with Gasteiger partial charge in [-0.15, -0.1) is 0 Å². The van der Waals surface area contributed by atoms with Crippen molar-refractivity contribution >= 4 is 22.5 Å². The lowest BCUT2D eigenvalue weighted by atomic mass is 10.2. The molecule has 0 aliphatic heterocycles. The summed E-state index contributed by atoms with van der Waals surface area (Å²) >= 11 is 0. The van der Waals surface area contributed by atoms with E-state index in [1.807, 2.05) is 55.5 Å². The minimum absolute atomic E-state index is 0.142. The van der Waals surface area contributed by atoms with Gasteiger partial charge in [0, 0.05) is 5.69 Å². The number of hydrogen-bond donors (Lipinski definition) is 1. The van der Waals surface area contributed by atoms with E-state index in [0.717, 1.165) is 11.1 Å². The summed E-state index contributed by atoms with van der Waals surface area (Å²) in [6.45, 7) is 1.89. The first-order valence-corrected chi connectivity index (χ1v) is 9.66. The average Bonchev–Trinajstić information content (AvgIpc) is 2.75. The molecule has 6 heteroatoms. The number of benzene rings is 3. The Bertz CT molecular complexity index is 1340. The Balaban J connectivity index is 1.76. The second-order valence-electron chi connectivity index (χ2n) is 7.18.